The van der Waals surface area contributed by atoms with E-state index in [1.807, 2.05) is 30.0 Å². The molecular formula is C17H26N2O4. The number of likely N-dealkylation sites (N-methyl/N-ethyl adjacent to an activating group) is 1. The smallest absolute Gasteiger partial charge is 0.317 e. The highest BCUT2D eigenvalue weighted by Crippen LogP contribution is 2.28. The number of ether oxygens (including phenoxy) is 2. The number of hydrogen-bond acceptors (Lipinski definition) is 5. The van der Waals surface area contributed by atoms with E-state index in [0.29, 0.717) is 12.1 Å². The first-order valence-electron chi connectivity index (χ1n) is 7.97. The van der Waals surface area contributed by atoms with E-state index in [4.69, 9.17) is 14.6 Å². The maximum atomic E-state index is 10.8. The Hall–Kier alpha value is -1.79. The Morgan fingerprint density at radius 2 is 2.09 bits per heavy atom. The van der Waals surface area contributed by atoms with Crippen LogP contribution in [-0.4, -0.2) is 55.4 Å². The van der Waals surface area contributed by atoms with Crippen LogP contribution in [0.5, 0.6) is 11.5 Å². The van der Waals surface area contributed by atoms with E-state index >= 15 is 0 Å². The average Bonchev–Trinajstić information content (AvgIpc) is 2.51. The van der Waals surface area contributed by atoms with Crippen molar-refractivity contribution in [3.05, 3.63) is 23.8 Å². The molecule has 0 aliphatic heterocycles. The number of carboxylic acid groups (broad SMARTS) is 1. The number of hydrogen-bond donors (Lipinski definition) is 2. The van der Waals surface area contributed by atoms with Crippen molar-refractivity contribution in [3.8, 4) is 11.5 Å². The van der Waals surface area contributed by atoms with Gasteiger partial charge in [-0.05, 0) is 25.5 Å². The molecule has 1 aromatic carbocycles. The monoisotopic (exact) mass is 322 g/mol. The van der Waals surface area contributed by atoms with Crippen LogP contribution in [0.15, 0.2) is 18.2 Å². The van der Waals surface area contributed by atoms with Gasteiger partial charge in [-0.3, -0.25) is 9.69 Å². The van der Waals surface area contributed by atoms with E-state index in [9.17, 15) is 4.79 Å². The third-order valence-corrected chi connectivity index (χ3v) is 4.45. The van der Waals surface area contributed by atoms with Crippen molar-refractivity contribution < 1.29 is 19.4 Å². The Bertz CT molecular complexity index is 529. The molecule has 0 bridgehead atoms. The van der Waals surface area contributed by atoms with Crippen LogP contribution in [0.3, 0.4) is 0 Å². The summed E-state index contributed by atoms with van der Waals surface area (Å²) in [4.78, 5) is 12.9. The van der Waals surface area contributed by atoms with Crippen molar-refractivity contribution >= 4 is 5.97 Å². The summed E-state index contributed by atoms with van der Waals surface area (Å²) in [5.41, 5.74) is 1.09. The topological polar surface area (TPSA) is 71.0 Å². The molecule has 1 aliphatic rings. The lowest BCUT2D eigenvalue weighted by atomic mass is 9.85. The van der Waals surface area contributed by atoms with Crippen LogP contribution in [0.1, 0.15) is 25.3 Å². The van der Waals surface area contributed by atoms with E-state index in [0.717, 1.165) is 43.0 Å². The van der Waals surface area contributed by atoms with Gasteiger partial charge < -0.3 is 19.9 Å². The minimum Gasteiger partial charge on any atom is -0.497 e. The summed E-state index contributed by atoms with van der Waals surface area (Å²) in [6.07, 6.45) is 1.97. The van der Waals surface area contributed by atoms with Crippen LogP contribution in [0.2, 0.25) is 0 Å². The molecule has 1 saturated carbocycles. The molecule has 0 spiro atoms. The molecule has 6 heteroatoms. The van der Waals surface area contributed by atoms with Gasteiger partial charge in [-0.2, -0.15) is 0 Å². The van der Waals surface area contributed by atoms with Gasteiger partial charge in [0.25, 0.3) is 0 Å². The molecule has 1 aromatic rings. The quantitative estimate of drug-likeness (QED) is 0.721. The van der Waals surface area contributed by atoms with Gasteiger partial charge in [0.15, 0.2) is 0 Å². The number of methoxy groups -OCH3 is 2. The van der Waals surface area contributed by atoms with Crippen molar-refractivity contribution in [1.82, 2.24) is 10.2 Å². The predicted octanol–water partition coefficient (Wildman–Crippen LogP) is 1.73. The van der Waals surface area contributed by atoms with Gasteiger partial charge >= 0.3 is 5.97 Å². The lowest BCUT2D eigenvalue weighted by Crippen LogP contribution is -2.53. The second kappa shape index (κ2) is 8.17. The molecule has 1 aliphatic carbocycles. The fourth-order valence-electron chi connectivity index (χ4n) is 2.98. The van der Waals surface area contributed by atoms with Crippen LogP contribution in [-0.2, 0) is 11.3 Å². The first kappa shape index (κ1) is 17.6. The Balaban J connectivity index is 1.81. The largest absolute Gasteiger partial charge is 0.497 e. The molecule has 0 atom stereocenters. The molecule has 0 saturated heterocycles. The first-order chi connectivity index (χ1) is 11.1. The molecule has 0 heterocycles. The summed E-state index contributed by atoms with van der Waals surface area (Å²) in [7, 11) is 3.29. The second-order valence-corrected chi connectivity index (χ2v) is 5.84. The van der Waals surface area contributed by atoms with Gasteiger partial charge in [0.05, 0.1) is 20.8 Å². The molecule has 2 rings (SSSR count). The molecule has 128 valence electrons. The predicted molar refractivity (Wildman–Crippen MR) is 88.1 cm³/mol. The number of nitrogens with one attached hydrogen (secondary N) is 1. The van der Waals surface area contributed by atoms with Crippen molar-refractivity contribution in [2.45, 2.75) is 38.4 Å². The molecule has 23 heavy (non-hydrogen) atoms. The van der Waals surface area contributed by atoms with E-state index < -0.39 is 5.97 Å². The number of carboxylic acids is 1. The van der Waals surface area contributed by atoms with E-state index in [1.165, 1.54) is 0 Å². The van der Waals surface area contributed by atoms with E-state index in [1.54, 1.807) is 14.2 Å². The van der Waals surface area contributed by atoms with Crippen molar-refractivity contribution in [2.24, 2.45) is 0 Å². The maximum Gasteiger partial charge on any atom is 0.317 e. The molecule has 0 amide bonds. The zero-order valence-corrected chi connectivity index (χ0v) is 14.0. The third kappa shape index (κ3) is 4.59. The highest BCUT2D eigenvalue weighted by atomic mass is 16.5. The van der Waals surface area contributed by atoms with Crippen LogP contribution < -0.4 is 14.8 Å². The maximum absolute atomic E-state index is 10.8. The highest BCUT2D eigenvalue weighted by Gasteiger charge is 2.33. The lowest BCUT2D eigenvalue weighted by molar-refractivity contribution is -0.139. The third-order valence-electron chi connectivity index (χ3n) is 4.45. The molecule has 0 aromatic heterocycles. The van der Waals surface area contributed by atoms with Crippen LogP contribution in [0.25, 0.3) is 0 Å². The summed E-state index contributed by atoms with van der Waals surface area (Å²) in [6, 6.07) is 6.60. The van der Waals surface area contributed by atoms with Gasteiger partial charge in [-0.1, -0.05) is 13.0 Å². The highest BCUT2D eigenvalue weighted by molar-refractivity contribution is 5.69. The van der Waals surface area contributed by atoms with Gasteiger partial charge in [0.2, 0.25) is 0 Å². The van der Waals surface area contributed by atoms with Crippen LogP contribution >= 0.6 is 0 Å². The molecule has 6 nitrogen and oxygen atoms in total. The number of rotatable bonds is 9. The fraction of sp³-hybridized carbons (Fsp3) is 0.588. The lowest BCUT2D eigenvalue weighted by Gasteiger charge is -2.42. The van der Waals surface area contributed by atoms with Gasteiger partial charge in [0.1, 0.15) is 11.5 Å². The van der Waals surface area contributed by atoms with Gasteiger partial charge in [0, 0.05) is 30.3 Å². The zero-order valence-electron chi connectivity index (χ0n) is 14.0. The van der Waals surface area contributed by atoms with Gasteiger partial charge in [-0.25, -0.2) is 0 Å². The summed E-state index contributed by atoms with van der Waals surface area (Å²) in [5.74, 6) is 0.835. The summed E-state index contributed by atoms with van der Waals surface area (Å²) < 4.78 is 10.6. The molecule has 2 N–H and O–H groups in total. The summed E-state index contributed by atoms with van der Waals surface area (Å²) in [6.45, 7) is 3.64. The number of nitrogens with zero attached hydrogens (tertiary/aromatic N) is 1. The van der Waals surface area contributed by atoms with Crippen LogP contribution in [0, 0.1) is 0 Å². The number of benzene rings is 1. The first-order valence-corrected chi connectivity index (χ1v) is 7.97. The minimum atomic E-state index is -0.758. The van der Waals surface area contributed by atoms with E-state index in [-0.39, 0.29) is 6.54 Å². The Labute approximate surface area is 137 Å². The second-order valence-electron chi connectivity index (χ2n) is 5.84. The van der Waals surface area contributed by atoms with Crippen molar-refractivity contribution in [2.75, 3.05) is 27.3 Å². The van der Waals surface area contributed by atoms with Crippen molar-refractivity contribution in [3.63, 3.8) is 0 Å². The number of carbonyl (C=O) groups is 1. The Morgan fingerprint density at radius 3 is 2.65 bits per heavy atom. The minimum absolute atomic E-state index is 0.125. The standard InChI is InChI=1S/C17H26N2O4/c1-4-19(11-17(20)21)14-7-13(8-14)18-10-12-5-6-15(22-2)9-16(12)23-3/h5-6,9,13-14,18H,4,7-8,10-11H2,1-3H3,(H,20,21). The SMILES string of the molecule is CCN(CC(=O)O)C1CC(NCc2ccc(OC)cc2OC)C1. The molecule has 0 unspecified atom stereocenters. The van der Waals surface area contributed by atoms with Gasteiger partial charge in [-0.15, -0.1) is 0 Å². The molecule has 0 radical (unpaired) electrons. The average molecular weight is 322 g/mol. The van der Waals surface area contributed by atoms with Crippen molar-refractivity contribution in [1.29, 1.82) is 0 Å². The normalized spacial score (nSPS) is 20.2. The van der Waals surface area contributed by atoms with E-state index in [2.05, 4.69) is 5.32 Å². The molecule has 1 fully saturated rings. The number of aliphatic carboxylic acids is 1. The van der Waals surface area contributed by atoms with Crippen LogP contribution in [0.4, 0.5) is 0 Å². The Morgan fingerprint density at radius 1 is 1.35 bits per heavy atom. The zero-order chi connectivity index (χ0) is 16.8. The Kier molecular flexibility index (Phi) is 6.24. The fourth-order valence-corrected chi connectivity index (χ4v) is 2.98. The summed E-state index contributed by atoms with van der Waals surface area (Å²) in [5, 5.41) is 12.4. The molecular weight excluding hydrogens is 296 g/mol. The summed E-state index contributed by atoms with van der Waals surface area (Å²) >= 11 is 0.